The van der Waals surface area contributed by atoms with E-state index in [1.165, 1.54) is 28.4 Å². The van der Waals surface area contributed by atoms with Crippen molar-refractivity contribution in [1.82, 2.24) is 10.2 Å². The zero-order chi connectivity index (χ0) is 22.1. The first-order valence-corrected chi connectivity index (χ1v) is 11.9. The van der Waals surface area contributed by atoms with Crippen LogP contribution in [0.1, 0.15) is 25.3 Å². The molecule has 2 amide bonds. The molecule has 1 atom stereocenters. The van der Waals surface area contributed by atoms with E-state index in [2.05, 4.69) is 5.32 Å². The van der Waals surface area contributed by atoms with Gasteiger partial charge in [0.15, 0.2) is 0 Å². The van der Waals surface area contributed by atoms with E-state index in [1.54, 1.807) is 6.08 Å². The Bertz CT molecular complexity index is 868. The van der Waals surface area contributed by atoms with Crippen molar-refractivity contribution in [3.8, 4) is 0 Å². The number of carbonyl (C=O) groups is 3. The average molecular weight is 465 g/mol. The Labute approximate surface area is 190 Å². The Kier molecular flexibility index (Phi) is 9.61. The lowest BCUT2D eigenvalue weighted by atomic mass is 10.1. The van der Waals surface area contributed by atoms with Crippen LogP contribution < -0.4 is 5.32 Å². The van der Waals surface area contributed by atoms with Gasteiger partial charge in [0.1, 0.15) is 10.4 Å². The molecule has 2 rings (SSSR count). The standard InChI is InChI=1S/C21H24N2O4S3/c1-14(12-15-6-4-3-5-7-15)13-17-19(25)23(21(28)30-17)10-8-18(24)22-16(20(26)27)9-11-29-2/h3-7,12-13,16H,8-11H2,1-2H3,(H,22,24)(H,26,27)/b14-12+,17-13+/t16-/m0/s1. The van der Waals surface area contributed by atoms with Crippen LogP contribution in [0.15, 0.2) is 46.9 Å². The number of hydrogen-bond donors (Lipinski definition) is 2. The fraction of sp³-hybridized carbons (Fsp3) is 0.333. The third-order valence-electron chi connectivity index (χ3n) is 4.23. The fourth-order valence-electron chi connectivity index (χ4n) is 2.73. The number of thiocarbonyl (C=S) groups is 1. The average Bonchev–Trinajstić information content (AvgIpc) is 2.96. The normalized spacial score (nSPS) is 16.8. The van der Waals surface area contributed by atoms with E-state index in [9.17, 15) is 19.5 Å². The van der Waals surface area contributed by atoms with Crippen molar-refractivity contribution in [2.24, 2.45) is 0 Å². The van der Waals surface area contributed by atoms with Gasteiger partial charge in [-0.05, 0) is 42.6 Å². The van der Waals surface area contributed by atoms with Gasteiger partial charge in [0.05, 0.1) is 4.91 Å². The summed E-state index contributed by atoms with van der Waals surface area (Å²) in [6.45, 7) is 2.03. The first-order valence-electron chi connectivity index (χ1n) is 9.31. The van der Waals surface area contributed by atoms with Gasteiger partial charge in [-0.15, -0.1) is 0 Å². The summed E-state index contributed by atoms with van der Waals surface area (Å²) in [5.74, 6) is -1.09. The highest BCUT2D eigenvalue weighted by atomic mass is 32.2. The Morgan fingerprint density at radius 1 is 1.33 bits per heavy atom. The molecule has 0 bridgehead atoms. The Morgan fingerprint density at radius 3 is 2.67 bits per heavy atom. The number of nitrogens with zero attached hydrogens (tertiary/aromatic N) is 1. The first-order chi connectivity index (χ1) is 14.3. The molecule has 1 aromatic carbocycles. The molecule has 2 N–H and O–H groups in total. The number of rotatable bonds is 10. The van der Waals surface area contributed by atoms with Gasteiger partial charge in [0.25, 0.3) is 5.91 Å². The summed E-state index contributed by atoms with van der Waals surface area (Å²) in [5, 5.41) is 11.7. The van der Waals surface area contributed by atoms with E-state index in [1.807, 2.05) is 49.6 Å². The summed E-state index contributed by atoms with van der Waals surface area (Å²) >= 11 is 8.01. The van der Waals surface area contributed by atoms with Crippen LogP contribution in [0.3, 0.4) is 0 Å². The second kappa shape index (κ2) is 11.9. The molecule has 0 unspecified atom stereocenters. The molecule has 0 spiro atoms. The van der Waals surface area contributed by atoms with Gasteiger partial charge in [-0.25, -0.2) is 4.79 Å². The minimum atomic E-state index is -1.06. The molecule has 1 fully saturated rings. The topological polar surface area (TPSA) is 86.7 Å². The van der Waals surface area contributed by atoms with Gasteiger partial charge in [-0.1, -0.05) is 60.4 Å². The minimum absolute atomic E-state index is 0.0123. The first kappa shape index (κ1) is 24.2. The van der Waals surface area contributed by atoms with Crippen LogP contribution in [0.25, 0.3) is 6.08 Å². The van der Waals surface area contributed by atoms with Crippen molar-refractivity contribution < 1.29 is 19.5 Å². The van der Waals surface area contributed by atoms with Crippen LogP contribution in [0.4, 0.5) is 0 Å². The smallest absolute Gasteiger partial charge is 0.326 e. The van der Waals surface area contributed by atoms with E-state index in [0.717, 1.165) is 11.1 Å². The van der Waals surface area contributed by atoms with Crippen LogP contribution in [0, 0.1) is 0 Å². The van der Waals surface area contributed by atoms with Crippen molar-refractivity contribution in [1.29, 1.82) is 0 Å². The third-order valence-corrected chi connectivity index (χ3v) is 6.25. The molecule has 0 radical (unpaired) electrons. The largest absolute Gasteiger partial charge is 0.480 e. The monoisotopic (exact) mass is 464 g/mol. The number of benzene rings is 1. The summed E-state index contributed by atoms with van der Waals surface area (Å²) in [7, 11) is 0. The van der Waals surface area contributed by atoms with Gasteiger partial charge >= 0.3 is 5.97 Å². The highest BCUT2D eigenvalue weighted by Crippen LogP contribution is 2.32. The van der Waals surface area contributed by atoms with Crippen molar-refractivity contribution in [3.63, 3.8) is 0 Å². The lowest BCUT2D eigenvalue weighted by Gasteiger charge is -2.17. The summed E-state index contributed by atoms with van der Waals surface area (Å²) < 4.78 is 0.392. The molecule has 1 aliphatic heterocycles. The van der Waals surface area contributed by atoms with Crippen molar-refractivity contribution in [2.75, 3.05) is 18.6 Å². The molecule has 1 saturated heterocycles. The van der Waals surface area contributed by atoms with Crippen LogP contribution in [0.5, 0.6) is 0 Å². The number of carboxylic acids is 1. The number of carboxylic acid groups (broad SMARTS) is 1. The van der Waals surface area contributed by atoms with Crippen molar-refractivity contribution >= 4 is 63.9 Å². The minimum Gasteiger partial charge on any atom is -0.480 e. The SMILES string of the molecule is CSCC[C@H](NC(=O)CCN1C(=O)/C(=C\C(C)=C\c2ccccc2)SC1=S)C(=O)O. The number of hydrogen-bond acceptors (Lipinski definition) is 6. The van der Waals surface area contributed by atoms with Crippen LogP contribution >= 0.6 is 35.7 Å². The Balaban J connectivity index is 1.95. The highest BCUT2D eigenvalue weighted by Gasteiger charge is 2.32. The van der Waals surface area contributed by atoms with Crippen LogP contribution in [-0.2, 0) is 14.4 Å². The van der Waals surface area contributed by atoms with E-state index in [0.29, 0.717) is 21.4 Å². The van der Waals surface area contributed by atoms with E-state index >= 15 is 0 Å². The van der Waals surface area contributed by atoms with Gasteiger partial charge in [-0.2, -0.15) is 11.8 Å². The molecular weight excluding hydrogens is 440 g/mol. The number of nitrogens with one attached hydrogen (secondary N) is 1. The predicted octanol–water partition coefficient (Wildman–Crippen LogP) is 3.55. The number of allylic oxidation sites excluding steroid dienone is 2. The molecule has 0 aromatic heterocycles. The summed E-state index contributed by atoms with van der Waals surface area (Å²) in [6, 6.07) is 8.85. The number of thioether (sulfide) groups is 2. The molecule has 1 heterocycles. The summed E-state index contributed by atoms with van der Waals surface area (Å²) in [5.41, 5.74) is 1.95. The number of carbonyl (C=O) groups excluding carboxylic acids is 2. The number of amides is 2. The summed E-state index contributed by atoms with van der Waals surface area (Å²) in [4.78, 5) is 38.0. The van der Waals surface area contributed by atoms with E-state index in [-0.39, 0.29) is 18.9 Å². The fourth-order valence-corrected chi connectivity index (χ4v) is 4.56. The Hall–Kier alpha value is -2.10. The van der Waals surface area contributed by atoms with Gasteiger partial charge in [0.2, 0.25) is 5.91 Å². The van der Waals surface area contributed by atoms with Gasteiger partial charge in [-0.3, -0.25) is 14.5 Å². The van der Waals surface area contributed by atoms with Gasteiger partial charge in [0, 0.05) is 13.0 Å². The lowest BCUT2D eigenvalue weighted by molar-refractivity contribution is -0.142. The molecule has 30 heavy (non-hydrogen) atoms. The zero-order valence-electron chi connectivity index (χ0n) is 16.8. The van der Waals surface area contributed by atoms with Crippen LogP contribution in [0.2, 0.25) is 0 Å². The molecular formula is C21H24N2O4S3. The maximum Gasteiger partial charge on any atom is 0.326 e. The summed E-state index contributed by atoms with van der Waals surface area (Å²) in [6.07, 6.45) is 5.97. The molecule has 0 aliphatic carbocycles. The number of aliphatic carboxylic acids is 1. The maximum absolute atomic E-state index is 12.7. The molecule has 1 aromatic rings. The van der Waals surface area contributed by atoms with E-state index in [4.69, 9.17) is 12.2 Å². The van der Waals surface area contributed by atoms with E-state index < -0.39 is 17.9 Å². The highest BCUT2D eigenvalue weighted by molar-refractivity contribution is 8.26. The van der Waals surface area contributed by atoms with Crippen molar-refractivity contribution in [2.45, 2.75) is 25.8 Å². The molecule has 6 nitrogen and oxygen atoms in total. The second-order valence-electron chi connectivity index (χ2n) is 6.62. The quantitative estimate of drug-likeness (QED) is 0.404. The van der Waals surface area contributed by atoms with Gasteiger partial charge < -0.3 is 10.4 Å². The van der Waals surface area contributed by atoms with Crippen molar-refractivity contribution in [3.05, 3.63) is 52.4 Å². The molecule has 0 saturated carbocycles. The maximum atomic E-state index is 12.7. The van der Waals surface area contributed by atoms with Crippen LogP contribution in [-0.4, -0.2) is 56.7 Å². The predicted molar refractivity (Wildman–Crippen MR) is 127 cm³/mol. The molecule has 1 aliphatic rings. The Morgan fingerprint density at radius 2 is 2.03 bits per heavy atom. The molecule has 160 valence electrons. The second-order valence-corrected chi connectivity index (χ2v) is 9.28. The third kappa shape index (κ3) is 7.30. The molecule has 9 heteroatoms. The zero-order valence-corrected chi connectivity index (χ0v) is 19.2. The lowest BCUT2D eigenvalue weighted by Crippen LogP contribution is -2.42.